The number of nitriles is 1. The molecule has 1 saturated heterocycles. The lowest BCUT2D eigenvalue weighted by Gasteiger charge is -2.30. The van der Waals surface area contributed by atoms with Gasteiger partial charge in [-0.05, 0) is 38.1 Å². The molecule has 1 N–H and O–H groups in total. The number of likely N-dealkylation sites (tertiary alicyclic amines) is 1. The smallest absolute Gasteiger partial charge is 0.0866 e. The van der Waals surface area contributed by atoms with Crippen molar-refractivity contribution in [3.05, 3.63) is 0 Å². The van der Waals surface area contributed by atoms with E-state index in [0.29, 0.717) is 19.1 Å². The predicted molar refractivity (Wildman–Crippen MR) is 51.1 cm³/mol. The number of aliphatic hydroxyl groups excluding tert-OH is 1. The van der Waals surface area contributed by atoms with E-state index in [2.05, 4.69) is 11.0 Å². The fourth-order valence-electron chi connectivity index (χ4n) is 2.01. The van der Waals surface area contributed by atoms with Gasteiger partial charge in [0, 0.05) is 13.2 Å². The summed E-state index contributed by atoms with van der Waals surface area (Å²) in [7, 11) is 0. The average Bonchev–Trinajstić information content (AvgIpc) is 2.16. The Hall–Kier alpha value is -0.590. The van der Waals surface area contributed by atoms with Crippen LogP contribution in [0.1, 0.15) is 25.7 Å². The van der Waals surface area contributed by atoms with E-state index in [1.54, 1.807) is 0 Å². The van der Waals surface area contributed by atoms with Crippen LogP contribution >= 0.6 is 0 Å². The zero-order chi connectivity index (χ0) is 9.52. The van der Waals surface area contributed by atoms with Crippen molar-refractivity contribution in [2.75, 3.05) is 26.2 Å². The van der Waals surface area contributed by atoms with E-state index in [1.807, 2.05) is 0 Å². The second-order valence-electron chi connectivity index (χ2n) is 3.77. The Labute approximate surface area is 80.0 Å². The standard InChI is InChI=1S/C10H18N2O/c11-5-7-12-6-1-3-10(9-12)4-2-8-13/h10,13H,1-4,6-9H2. The summed E-state index contributed by atoms with van der Waals surface area (Å²) in [5, 5.41) is 17.2. The Morgan fingerprint density at radius 1 is 1.54 bits per heavy atom. The van der Waals surface area contributed by atoms with Crippen LogP contribution in [0.4, 0.5) is 0 Å². The van der Waals surface area contributed by atoms with Gasteiger partial charge in [0.2, 0.25) is 0 Å². The lowest BCUT2D eigenvalue weighted by atomic mass is 9.93. The lowest BCUT2D eigenvalue weighted by Crippen LogP contribution is -2.35. The monoisotopic (exact) mass is 182 g/mol. The van der Waals surface area contributed by atoms with E-state index in [0.717, 1.165) is 25.9 Å². The molecule has 3 heteroatoms. The highest BCUT2D eigenvalue weighted by Gasteiger charge is 2.18. The van der Waals surface area contributed by atoms with E-state index in [1.165, 1.54) is 12.8 Å². The zero-order valence-corrected chi connectivity index (χ0v) is 8.08. The van der Waals surface area contributed by atoms with Gasteiger partial charge >= 0.3 is 0 Å². The third-order valence-electron chi connectivity index (χ3n) is 2.67. The third kappa shape index (κ3) is 3.75. The molecule has 0 radical (unpaired) electrons. The summed E-state index contributed by atoms with van der Waals surface area (Å²) in [5.74, 6) is 0.703. The topological polar surface area (TPSA) is 47.3 Å². The van der Waals surface area contributed by atoms with Crippen LogP contribution in [-0.2, 0) is 0 Å². The van der Waals surface area contributed by atoms with Crippen LogP contribution in [-0.4, -0.2) is 36.2 Å². The quantitative estimate of drug-likeness (QED) is 0.660. The molecule has 1 fully saturated rings. The van der Waals surface area contributed by atoms with Gasteiger partial charge in [-0.25, -0.2) is 0 Å². The Balaban J connectivity index is 2.21. The molecule has 1 atom stereocenters. The molecule has 0 bridgehead atoms. The van der Waals surface area contributed by atoms with Crippen LogP contribution in [0, 0.1) is 17.2 Å². The Bertz CT molecular complexity index is 176. The highest BCUT2D eigenvalue weighted by Crippen LogP contribution is 2.20. The highest BCUT2D eigenvalue weighted by molar-refractivity contribution is 4.81. The van der Waals surface area contributed by atoms with Gasteiger partial charge in [-0.15, -0.1) is 0 Å². The number of piperidine rings is 1. The van der Waals surface area contributed by atoms with Gasteiger partial charge in [0.05, 0.1) is 12.6 Å². The van der Waals surface area contributed by atoms with Crippen molar-refractivity contribution in [2.45, 2.75) is 25.7 Å². The van der Waals surface area contributed by atoms with E-state index < -0.39 is 0 Å². The molecule has 0 saturated carbocycles. The van der Waals surface area contributed by atoms with Crippen molar-refractivity contribution >= 4 is 0 Å². The molecule has 0 aromatic carbocycles. The second kappa shape index (κ2) is 5.95. The molecular formula is C10H18N2O. The molecule has 0 aromatic heterocycles. The van der Waals surface area contributed by atoms with Gasteiger partial charge in [-0.1, -0.05) is 0 Å². The van der Waals surface area contributed by atoms with Gasteiger partial charge < -0.3 is 5.11 Å². The summed E-state index contributed by atoms with van der Waals surface area (Å²) < 4.78 is 0. The molecule has 1 aliphatic heterocycles. The summed E-state index contributed by atoms with van der Waals surface area (Å²) in [5.41, 5.74) is 0. The van der Waals surface area contributed by atoms with Gasteiger partial charge in [0.1, 0.15) is 0 Å². The third-order valence-corrected chi connectivity index (χ3v) is 2.67. The summed E-state index contributed by atoms with van der Waals surface area (Å²) in [4.78, 5) is 2.21. The second-order valence-corrected chi connectivity index (χ2v) is 3.77. The van der Waals surface area contributed by atoms with Crippen LogP contribution < -0.4 is 0 Å². The summed E-state index contributed by atoms with van der Waals surface area (Å²) in [6.45, 7) is 2.99. The molecule has 3 nitrogen and oxygen atoms in total. The van der Waals surface area contributed by atoms with E-state index >= 15 is 0 Å². The van der Waals surface area contributed by atoms with Crippen molar-refractivity contribution in [2.24, 2.45) is 5.92 Å². The van der Waals surface area contributed by atoms with Crippen molar-refractivity contribution in [1.29, 1.82) is 5.26 Å². The Kier molecular flexibility index (Phi) is 4.81. The van der Waals surface area contributed by atoms with Gasteiger partial charge in [-0.2, -0.15) is 5.26 Å². The molecule has 13 heavy (non-hydrogen) atoms. The molecule has 74 valence electrons. The maximum atomic E-state index is 8.70. The Morgan fingerprint density at radius 2 is 2.38 bits per heavy atom. The van der Waals surface area contributed by atoms with E-state index in [4.69, 9.17) is 10.4 Å². The van der Waals surface area contributed by atoms with E-state index in [9.17, 15) is 0 Å². The zero-order valence-electron chi connectivity index (χ0n) is 8.08. The first-order valence-corrected chi connectivity index (χ1v) is 5.07. The van der Waals surface area contributed by atoms with Crippen LogP contribution in [0.3, 0.4) is 0 Å². The SMILES string of the molecule is N#CCN1CCCC(CCCO)C1. The minimum Gasteiger partial charge on any atom is -0.396 e. The number of hydrogen-bond acceptors (Lipinski definition) is 3. The molecule has 1 aliphatic rings. The van der Waals surface area contributed by atoms with Gasteiger partial charge in [0.15, 0.2) is 0 Å². The average molecular weight is 182 g/mol. The number of hydrogen-bond donors (Lipinski definition) is 1. The minimum atomic E-state index is 0.300. The minimum absolute atomic E-state index is 0.300. The molecule has 0 amide bonds. The van der Waals surface area contributed by atoms with Crippen LogP contribution in [0.2, 0.25) is 0 Å². The maximum Gasteiger partial charge on any atom is 0.0866 e. The first-order valence-electron chi connectivity index (χ1n) is 5.07. The molecule has 1 rings (SSSR count). The Morgan fingerprint density at radius 3 is 3.08 bits per heavy atom. The molecule has 0 spiro atoms. The van der Waals surface area contributed by atoms with Crippen LogP contribution in [0.15, 0.2) is 0 Å². The first-order chi connectivity index (χ1) is 6.36. The van der Waals surface area contributed by atoms with Gasteiger partial charge in [-0.3, -0.25) is 4.90 Å². The molecule has 0 aromatic rings. The molecule has 1 heterocycles. The summed E-state index contributed by atoms with van der Waals surface area (Å²) in [6, 6.07) is 2.19. The molecule has 0 aliphatic carbocycles. The van der Waals surface area contributed by atoms with Crippen molar-refractivity contribution in [3.63, 3.8) is 0 Å². The summed E-state index contributed by atoms with van der Waals surface area (Å²) >= 11 is 0. The summed E-state index contributed by atoms with van der Waals surface area (Å²) in [6.07, 6.45) is 4.49. The highest BCUT2D eigenvalue weighted by atomic mass is 16.2. The predicted octanol–water partition coefficient (Wildman–Crippen LogP) is 0.994. The molecule has 1 unspecified atom stereocenters. The fraction of sp³-hybridized carbons (Fsp3) is 0.900. The van der Waals surface area contributed by atoms with Gasteiger partial charge in [0.25, 0.3) is 0 Å². The number of rotatable bonds is 4. The maximum absolute atomic E-state index is 8.70. The van der Waals surface area contributed by atoms with E-state index in [-0.39, 0.29) is 0 Å². The lowest BCUT2D eigenvalue weighted by molar-refractivity contribution is 0.174. The number of nitrogens with zero attached hydrogens (tertiary/aromatic N) is 2. The van der Waals surface area contributed by atoms with Crippen molar-refractivity contribution in [3.8, 4) is 6.07 Å². The normalized spacial score (nSPS) is 24.2. The largest absolute Gasteiger partial charge is 0.396 e. The molecular weight excluding hydrogens is 164 g/mol. The fourth-order valence-corrected chi connectivity index (χ4v) is 2.01. The van der Waals surface area contributed by atoms with Crippen LogP contribution in [0.25, 0.3) is 0 Å². The van der Waals surface area contributed by atoms with Crippen LogP contribution in [0.5, 0.6) is 0 Å². The van der Waals surface area contributed by atoms with Crippen molar-refractivity contribution in [1.82, 2.24) is 4.90 Å². The van der Waals surface area contributed by atoms with Crippen molar-refractivity contribution < 1.29 is 5.11 Å². The first kappa shape index (κ1) is 10.5. The number of aliphatic hydroxyl groups is 1.